The van der Waals surface area contributed by atoms with Crippen LogP contribution in [-0.2, 0) is 0 Å². The van der Waals surface area contributed by atoms with E-state index in [1.165, 1.54) is 12.1 Å². The van der Waals surface area contributed by atoms with Crippen molar-refractivity contribution in [3.05, 3.63) is 48.0 Å². The van der Waals surface area contributed by atoms with Crippen LogP contribution >= 0.6 is 0 Å². The first-order valence-corrected chi connectivity index (χ1v) is 7.66. The molecule has 114 valence electrons. The lowest BCUT2D eigenvalue weighted by molar-refractivity contribution is 0.0511. The Morgan fingerprint density at radius 1 is 1.09 bits per heavy atom. The van der Waals surface area contributed by atoms with E-state index in [0.717, 1.165) is 25.7 Å². The molecule has 0 saturated carbocycles. The number of carbonyl (C=O) groups excluding carboxylic acids is 1. The fourth-order valence-corrected chi connectivity index (χ4v) is 3.85. The largest absolute Gasteiger partial charge is 0.333 e. The quantitative estimate of drug-likeness (QED) is 0.856. The first-order chi connectivity index (χ1) is 10.7. The second-order valence-corrected chi connectivity index (χ2v) is 6.08. The second kappa shape index (κ2) is 5.19. The molecule has 0 N–H and O–H groups in total. The standard InChI is InChI=1S/C16H17FN4O/c17-12-3-1-2-11(8-12)16(22)20-13-4-5-14(20)10-15(9-13)21-18-6-7-19-21/h1-3,6-8,13-15H,4-5,9-10H2. The Morgan fingerprint density at radius 2 is 1.77 bits per heavy atom. The summed E-state index contributed by atoms with van der Waals surface area (Å²) in [6, 6.07) is 6.61. The number of fused-ring (bicyclic) bond motifs is 2. The van der Waals surface area contributed by atoms with Gasteiger partial charge in [0.2, 0.25) is 0 Å². The number of hydrogen-bond donors (Lipinski definition) is 0. The summed E-state index contributed by atoms with van der Waals surface area (Å²) in [6.45, 7) is 0. The van der Waals surface area contributed by atoms with E-state index in [-0.39, 0.29) is 29.8 Å². The SMILES string of the molecule is O=C(c1cccc(F)c1)N1C2CCC1CC(n1nccn1)C2. The maximum absolute atomic E-state index is 13.4. The predicted molar refractivity (Wildman–Crippen MR) is 77.7 cm³/mol. The van der Waals surface area contributed by atoms with Gasteiger partial charge in [-0.2, -0.15) is 15.0 Å². The van der Waals surface area contributed by atoms with Crippen LogP contribution in [0.2, 0.25) is 0 Å². The Bertz CT molecular complexity index is 673. The average Bonchev–Trinajstić information content (AvgIpc) is 3.13. The zero-order valence-electron chi connectivity index (χ0n) is 12.1. The summed E-state index contributed by atoms with van der Waals surface area (Å²) >= 11 is 0. The van der Waals surface area contributed by atoms with Gasteiger partial charge in [-0.1, -0.05) is 6.07 Å². The summed E-state index contributed by atoms with van der Waals surface area (Å²) in [4.78, 5) is 16.4. The van der Waals surface area contributed by atoms with Crippen LogP contribution < -0.4 is 0 Å². The molecule has 2 saturated heterocycles. The van der Waals surface area contributed by atoms with Crippen molar-refractivity contribution in [2.24, 2.45) is 0 Å². The van der Waals surface area contributed by atoms with Gasteiger partial charge in [-0.05, 0) is 43.9 Å². The third-order valence-corrected chi connectivity index (χ3v) is 4.78. The Balaban J connectivity index is 1.56. The third kappa shape index (κ3) is 2.19. The molecule has 4 rings (SSSR count). The zero-order valence-corrected chi connectivity index (χ0v) is 12.1. The highest BCUT2D eigenvalue weighted by Crippen LogP contribution is 2.41. The molecular weight excluding hydrogens is 283 g/mol. The molecule has 2 fully saturated rings. The topological polar surface area (TPSA) is 51.0 Å². The van der Waals surface area contributed by atoms with E-state index >= 15 is 0 Å². The second-order valence-electron chi connectivity index (χ2n) is 6.08. The van der Waals surface area contributed by atoms with Gasteiger partial charge in [-0.3, -0.25) is 4.79 Å². The number of piperidine rings is 1. The molecule has 2 bridgehead atoms. The first-order valence-electron chi connectivity index (χ1n) is 7.66. The maximum atomic E-state index is 13.4. The van der Waals surface area contributed by atoms with Crippen molar-refractivity contribution in [1.29, 1.82) is 0 Å². The smallest absolute Gasteiger partial charge is 0.254 e. The van der Waals surface area contributed by atoms with Crippen molar-refractivity contribution in [3.8, 4) is 0 Å². The van der Waals surface area contributed by atoms with Crippen LogP contribution in [0.15, 0.2) is 36.7 Å². The van der Waals surface area contributed by atoms with Crippen LogP contribution in [-0.4, -0.2) is 37.9 Å². The molecule has 2 aliphatic heterocycles. The van der Waals surface area contributed by atoms with Crippen molar-refractivity contribution >= 4 is 5.91 Å². The van der Waals surface area contributed by atoms with Crippen LogP contribution in [0.5, 0.6) is 0 Å². The van der Waals surface area contributed by atoms with Gasteiger partial charge >= 0.3 is 0 Å². The molecule has 0 aliphatic carbocycles. The van der Waals surface area contributed by atoms with Gasteiger partial charge < -0.3 is 4.90 Å². The number of nitrogens with zero attached hydrogens (tertiary/aromatic N) is 4. The van der Waals surface area contributed by atoms with Crippen molar-refractivity contribution < 1.29 is 9.18 Å². The number of hydrogen-bond acceptors (Lipinski definition) is 3. The Kier molecular flexibility index (Phi) is 3.17. The maximum Gasteiger partial charge on any atom is 0.254 e. The molecule has 2 unspecified atom stereocenters. The number of benzene rings is 1. The molecule has 1 aromatic heterocycles. The Hall–Kier alpha value is -2.24. The minimum atomic E-state index is -0.367. The molecule has 2 atom stereocenters. The lowest BCUT2D eigenvalue weighted by Gasteiger charge is -2.38. The van der Waals surface area contributed by atoms with Gasteiger partial charge in [-0.15, -0.1) is 0 Å². The van der Waals surface area contributed by atoms with Gasteiger partial charge in [0.15, 0.2) is 0 Å². The van der Waals surface area contributed by atoms with E-state index in [0.29, 0.717) is 5.56 Å². The highest BCUT2D eigenvalue weighted by molar-refractivity contribution is 5.95. The molecule has 1 amide bonds. The molecular formula is C16H17FN4O. The van der Waals surface area contributed by atoms with Gasteiger partial charge in [0.1, 0.15) is 5.82 Å². The average molecular weight is 300 g/mol. The predicted octanol–water partition coefficient (Wildman–Crippen LogP) is 2.43. The lowest BCUT2D eigenvalue weighted by Crippen LogP contribution is -2.47. The number of carbonyl (C=O) groups is 1. The monoisotopic (exact) mass is 300 g/mol. The lowest BCUT2D eigenvalue weighted by atomic mass is 9.96. The molecule has 2 aliphatic rings. The number of aromatic nitrogens is 3. The third-order valence-electron chi connectivity index (χ3n) is 4.78. The fourth-order valence-electron chi connectivity index (χ4n) is 3.85. The molecule has 2 aromatic rings. The van der Waals surface area contributed by atoms with Gasteiger partial charge in [0.25, 0.3) is 5.91 Å². The summed E-state index contributed by atoms with van der Waals surface area (Å²) < 4.78 is 13.4. The highest BCUT2D eigenvalue weighted by atomic mass is 19.1. The van der Waals surface area contributed by atoms with Crippen molar-refractivity contribution in [1.82, 2.24) is 19.9 Å². The van der Waals surface area contributed by atoms with Crippen LogP contribution in [0.25, 0.3) is 0 Å². The zero-order chi connectivity index (χ0) is 15.1. The van der Waals surface area contributed by atoms with E-state index in [2.05, 4.69) is 10.2 Å². The minimum absolute atomic E-state index is 0.0566. The van der Waals surface area contributed by atoms with Crippen molar-refractivity contribution in [2.45, 2.75) is 43.8 Å². The molecule has 1 aromatic carbocycles. The summed E-state index contributed by atoms with van der Waals surface area (Å²) in [7, 11) is 0. The number of halogens is 1. The summed E-state index contributed by atoms with van der Waals surface area (Å²) in [5, 5.41) is 8.46. The van der Waals surface area contributed by atoms with E-state index < -0.39 is 0 Å². The normalized spacial score (nSPS) is 27.1. The summed E-state index contributed by atoms with van der Waals surface area (Å²) in [6.07, 6.45) is 7.11. The van der Waals surface area contributed by atoms with Crippen LogP contribution in [0.3, 0.4) is 0 Å². The van der Waals surface area contributed by atoms with Gasteiger partial charge in [0, 0.05) is 17.6 Å². The Labute approximate surface area is 127 Å². The van der Waals surface area contributed by atoms with Crippen LogP contribution in [0.1, 0.15) is 42.1 Å². The van der Waals surface area contributed by atoms with E-state index in [4.69, 9.17) is 0 Å². The van der Waals surface area contributed by atoms with E-state index in [9.17, 15) is 9.18 Å². The van der Waals surface area contributed by atoms with Crippen LogP contribution in [0.4, 0.5) is 4.39 Å². The summed E-state index contributed by atoms with van der Waals surface area (Å²) in [5.74, 6) is -0.423. The number of amides is 1. The summed E-state index contributed by atoms with van der Waals surface area (Å²) in [5.41, 5.74) is 0.438. The molecule has 0 spiro atoms. The molecule has 0 radical (unpaired) electrons. The molecule has 6 heteroatoms. The highest BCUT2D eigenvalue weighted by Gasteiger charge is 2.44. The van der Waals surface area contributed by atoms with Crippen molar-refractivity contribution in [3.63, 3.8) is 0 Å². The molecule has 3 heterocycles. The van der Waals surface area contributed by atoms with Gasteiger partial charge in [-0.25, -0.2) is 4.39 Å². The molecule has 5 nitrogen and oxygen atoms in total. The van der Waals surface area contributed by atoms with Crippen molar-refractivity contribution in [2.75, 3.05) is 0 Å². The first kappa shape index (κ1) is 13.4. The van der Waals surface area contributed by atoms with E-state index in [1.807, 2.05) is 4.90 Å². The minimum Gasteiger partial charge on any atom is -0.333 e. The van der Waals surface area contributed by atoms with Crippen LogP contribution in [0, 0.1) is 5.82 Å². The fraction of sp³-hybridized carbons (Fsp3) is 0.438. The molecule has 22 heavy (non-hydrogen) atoms. The Morgan fingerprint density at radius 3 is 2.41 bits per heavy atom. The number of rotatable bonds is 2. The van der Waals surface area contributed by atoms with Gasteiger partial charge in [0.05, 0.1) is 18.4 Å². The van der Waals surface area contributed by atoms with E-state index in [1.54, 1.807) is 29.3 Å².